The first-order valence-corrected chi connectivity index (χ1v) is 6.60. The van der Waals surface area contributed by atoms with Crippen molar-refractivity contribution in [3.8, 4) is 11.4 Å². The number of halogens is 3. The van der Waals surface area contributed by atoms with Gasteiger partial charge in [0.2, 0.25) is 0 Å². The largest absolute Gasteiger partial charge is 0.306 e. The number of rotatable bonds is 2. The van der Waals surface area contributed by atoms with Gasteiger partial charge in [-0.05, 0) is 40.9 Å². The number of nitrogens with zero attached hydrogens (tertiary/aromatic N) is 1. The maximum Gasteiger partial charge on any atom is 0.251 e. The minimum absolute atomic E-state index is 0.0383. The Kier molecular flexibility index (Phi) is 2.97. The van der Waals surface area contributed by atoms with Crippen molar-refractivity contribution < 1.29 is 8.78 Å². The Morgan fingerprint density at radius 2 is 2.05 bits per heavy atom. The predicted octanol–water partition coefficient (Wildman–Crippen LogP) is 3.36. The number of hydrogen-bond acceptors (Lipinski definition) is 2. The van der Waals surface area contributed by atoms with Gasteiger partial charge in [0, 0.05) is 17.5 Å². The third kappa shape index (κ3) is 2.32. The average molecular weight is 327 g/mol. The zero-order valence-electron chi connectivity index (χ0n) is 9.71. The summed E-state index contributed by atoms with van der Waals surface area (Å²) in [6.07, 6.45) is 2.02. The van der Waals surface area contributed by atoms with Crippen LogP contribution in [0.4, 0.5) is 8.78 Å². The van der Waals surface area contributed by atoms with Crippen molar-refractivity contribution in [2.75, 3.05) is 0 Å². The van der Waals surface area contributed by atoms with E-state index in [1.807, 2.05) is 0 Å². The fourth-order valence-corrected chi connectivity index (χ4v) is 2.41. The molecule has 3 rings (SSSR count). The number of aromatic nitrogens is 2. The summed E-state index contributed by atoms with van der Waals surface area (Å²) in [7, 11) is 0. The summed E-state index contributed by atoms with van der Waals surface area (Å²) < 4.78 is 26.5. The molecule has 1 heterocycles. The quantitative estimate of drug-likeness (QED) is 0.860. The lowest BCUT2D eigenvalue weighted by Crippen LogP contribution is -2.10. The highest BCUT2D eigenvalue weighted by Gasteiger charge is 2.26. The van der Waals surface area contributed by atoms with E-state index in [4.69, 9.17) is 0 Å². The van der Waals surface area contributed by atoms with Crippen LogP contribution in [-0.2, 0) is 0 Å². The van der Waals surface area contributed by atoms with E-state index in [0.717, 1.165) is 18.9 Å². The normalized spacial score (nSPS) is 14.7. The molecule has 2 aromatic rings. The van der Waals surface area contributed by atoms with Gasteiger partial charge in [0.15, 0.2) is 11.6 Å². The molecular weight excluding hydrogens is 318 g/mol. The van der Waals surface area contributed by atoms with Crippen molar-refractivity contribution in [2.24, 2.45) is 0 Å². The average Bonchev–Trinajstić information content (AvgIpc) is 3.19. The molecule has 0 saturated heterocycles. The minimum atomic E-state index is -0.989. The van der Waals surface area contributed by atoms with Gasteiger partial charge in [0.05, 0.1) is 10.2 Å². The van der Waals surface area contributed by atoms with Gasteiger partial charge < -0.3 is 4.98 Å². The zero-order valence-corrected chi connectivity index (χ0v) is 11.3. The third-order valence-corrected chi connectivity index (χ3v) is 3.82. The lowest BCUT2D eigenvalue weighted by Gasteiger charge is -2.07. The third-order valence-electron chi connectivity index (χ3n) is 3.05. The molecular formula is C13H9BrF2N2O. The molecule has 19 heavy (non-hydrogen) atoms. The lowest BCUT2D eigenvalue weighted by atomic mass is 10.2. The fourth-order valence-electron chi connectivity index (χ4n) is 1.90. The standard InChI is InChI=1S/C13H9BrF2N2O/c14-11-7(3-4-8(15)12(11)16)13-17-9(6-1-2-6)5-10(19)18-13/h3-6H,1-2H2,(H,17,18,19). The van der Waals surface area contributed by atoms with Crippen molar-refractivity contribution in [3.63, 3.8) is 0 Å². The monoisotopic (exact) mass is 326 g/mol. The molecule has 0 atom stereocenters. The maximum absolute atomic E-state index is 13.5. The Hall–Kier alpha value is -1.56. The number of nitrogens with one attached hydrogen (secondary N) is 1. The maximum atomic E-state index is 13.5. The highest BCUT2D eigenvalue weighted by Crippen LogP contribution is 2.39. The topological polar surface area (TPSA) is 45.8 Å². The van der Waals surface area contributed by atoms with Crippen molar-refractivity contribution in [1.29, 1.82) is 0 Å². The molecule has 1 aromatic heterocycles. The summed E-state index contributed by atoms with van der Waals surface area (Å²) in [6.45, 7) is 0. The Balaban J connectivity index is 2.16. The van der Waals surface area contributed by atoms with E-state index >= 15 is 0 Å². The summed E-state index contributed by atoms with van der Waals surface area (Å²) in [4.78, 5) is 18.5. The molecule has 1 saturated carbocycles. The molecule has 0 unspecified atom stereocenters. The van der Waals surface area contributed by atoms with Crippen LogP contribution in [0.3, 0.4) is 0 Å². The molecule has 0 aliphatic heterocycles. The number of hydrogen-bond donors (Lipinski definition) is 1. The molecule has 1 fully saturated rings. The van der Waals surface area contributed by atoms with E-state index in [2.05, 4.69) is 25.9 Å². The van der Waals surface area contributed by atoms with E-state index in [1.54, 1.807) is 0 Å². The molecule has 0 amide bonds. The Bertz CT molecular complexity index is 710. The molecule has 1 aliphatic carbocycles. The van der Waals surface area contributed by atoms with Crippen LogP contribution in [0.25, 0.3) is 11.4 Å². The van der Waals surface area contributed by atoms with Crippen LogP contribution in [-0.4, -0.2) is 9.97 Å². The van der Waals surface area contributed by atoms with Gasteiger partial charge in [-0.15, -0.1) is 0 Å². The van der Waals surface area contributed by atoms with Crippen molar-refractivity contribution in [3.05, 3.63) is 50.4 Å². The number of aromatic amines is 1. The first-order chi connectivity index (χ1) is 9.06. The second-order valence-corrected chi connectivity index (χ2v) is 5.31. The zero-order chi connectivity index (χ0) is 13.6. The lowest BCUT2D eigenvalue weighted by molar-refractivity contribution is 0.504. The van der Waals surface area contributed by atoms with Crippen LogP contribution >= 0.6 is 15.9 Å². The van der Waals surface area contributed by atoms with Crippen LogP contribution in [0.1, 0.15) is 24.5 Å². The SMILES string of the molecule is O=c1cc(C2CC2)nc(-c2ccc(F)c(F)c2Br)[nH]1. The fraction of sp³-hybridized carbons (Fsp3) is 0.231. The van der Waals surface area contributed by atoms with Crippen molar-refractivity contribution >= 4 is 15.9 Å². The highest BCUT2D eigenvalue weighted by atomic mass is 79.9. The Morgan fingerprint density at radius 3 is 2.74 bits per heavy atom. The van der Waals surface area contributed by atoms with Gasteiger partial charge in [-0.2, -0.15) is 0 Å². The van der Waals surface area contributed by atoms with Gasteiger partial charge in [0.25, 0.3) is 5.56 Å². The van der Waals surface area contributed by atoms with E-state index in [1.165, 1.54) is 12.1 Å². The first-order valence-electron chi connectivity index (χ1n) is 5.81. The van der Waals surface area contributed by atoms with E-state index in [-0.39, 0.29) is 15.9 Å². The molecule has 1 aromatic carbocycles. The van der Waals surface area contributed by atoms with Crippen molar-refractivity contribution in [2.45, 2.75) is 18.8 Å². The van der Waals surface area contributed by atoms with Crippen LogP contribution in [0.15, 0.2) is 27.5 Å². The van der Waals surface area contributed by atoms with Gasteiger partial charge in [-0.25, -0.2) is 13.8 Å². The minimum Gasteiger partial charge on any atom is -0.306 e. The summed E-state index contributed by atoms with van der Waals surface area (Å²) in [5, 5.41) is 0. The molecule has 0 radical (unpaired) electrons. The first kappa shape index (κ1) is 12.5. The number of benzene rings is 1. The highest BCUT2D eigenvalue weighted by molar-refractivity contribution is 9.10. The van der Waals surface area contributed by atoms with Crippen LogP contribution < -0.4 is 5.56 Å². The summed E-state index contributed by atoms with van der Waals surface area (Å²) >= 11 is 2.99. The van der Waals surface area contributed by atoms with Gasteiger partial charge >= 0.3 is 0 Å². The summed E-state index contributed by atoms with van der Waals surface area (Å²) in [5.74, 6) is -1.38. The van der Waals surface area contributed by atoms with E-state index < -0.39 is 11.6 Å². The van der Waals surface area contributed by atoms with E-state index in [0.29, 0.717) is 17.2 Å². The van der Waals surface area contributed by atoms with Crippen LogP contribution in [0, 0.1) is 11.6 Å². The Labute approximate surface area is 115 Å². The van der Waals surface area contributed by atoms with Crippen LogP contribution in [0.2, 0.25) is 0 Å². The predicted molar refractivity (Wildman–Crippen MR) is 69.9 cm³/mol. The van der Waals surface area contributed by atoms with Crippen molar-refractivity contribution in [1.82, 2.24) is 9.97 Å². The Morgan fingerprint density at radius 1 is 1.32 bits per heavy atom. The van der Waals surface area contributed by atoms with Gasteiger partial charge in [0.1, 0.15) is 5.82 Å². The molecule has 0 spiro atoms. The second kappa shape index (κ2) is 4.52. The molecule has 98 valence electrons. The van der Waals surface area contributed by atoms with Crippen LogP contribution in [0.5, 0.6) is 0 Å². The molecule has 1 N–H and O–H groups in total. The smallest absolute Gasteiger partial charge is 0.251 e. The van der Waals surface area contributed by atoms with E-state index in [9.17, 15) is 13.6 Å². The molecule has 0 bridgehead atoms. The summed E-state index contributed by atoms with van der Waals surface area (Å²) in [6, 6.07) is 3.85. The van der Waals surface area contributed by atoms with Gasteiger partial charge in [-0.1, -0.05) is 0 Å². The summed E-state index contributed by atoms with van der Waals surface area (Å²) in [5.41, 5.74) is 0.748. The number of H-pyrrole nitrogens is 1. The molecule has 6 heteroatoms. The second-order valence-electron chi connectivity index (χ2n) is 4.52. The van der Waals surface area contributed by atoms with Gasteiger partial charge in [-0.3, -0.25) is 4.79 Å². The molecule has 1 aliphatic rings. The molecule has 3 nitrogen and oxygen atoms in total.